The van der Waals surface area contributed by atoms with Gasteiger partial charge in [0.15, 0.2) is 13.6 Å². The maximum atomic E-state index is 12.4. The van der Waals surface area contributed by atoms with Crippen LogP contribution in [0.1, 0.15) is 58.9 Å². The van der Waals surface area contributed by atoms with Crippen LogP contribution < -0.4 is 0 Å². The minimum atomic E-state index is -0.583. The van der Waals surface area contributed by atoms with E-state index in [1.165, 1.54) is 6.07 Å². The molecule has 6 nitrogen and oxygen atoms in total. The summed E-state index contributed by atoms with van der Waals surface area (Å²) < 4.78 is 20.0. The van der Waals surface area contributed by atoms with Crippen molar-refractivity contribution in [3.05, 3.63) is 41.0 Å². The molecule has 0 aliphatic rings. The van der Waals surface area contributed by atoms with Gasteiger partial charge in [-0.25, -0.2) is 9.59 Å². The molecule has 150 valence electrons. The average Bonchev–Trinajstić information content (AvgIpc) is 2.68. The molecule has 0 amide bonds. The number of alkyl halides is 2. The molecular weight excluding hydrogens is 484 g/mol. The molecular formula is C19H24Br2O6. The largest absolute Gasteiger partial charge is 0.435 e. The van der Waals surface area contributed by atoms with E-state index >= 15 is 0 Å². The number of allylic oxidation sites excluding steroid dienone is 1. The Balaban J connectivity index is 2.92. The monoisotopic (exact) mass is 506 g/mol. The second-order valence-corrected chi connectivity index (χ2v) is 6.34. The molecule has 0 radical (unpaired) electrons. The molecule has 0 spiro atoms. The average molecular weight is 508 g/mol. The molecule has 0 atom stereocenters. The highest BCUT2D eigenvalue weighted by atomic mass is 79.9. The lowest BCUT2D eigenvalue weighted by Gasteiger charge is -2.10. The second-order valence-electron chi connectivity index (χ2n) is 5.43. The summed E-state index contributed by atoms with van der Waals surface area (Å²) in [5, 5.41) is 0. The fourth-order valence-corrected chi connectivity index (χ4v) is 2.41. The van der Waals surface area contributed by atoms with Crippen LogP contribution >= 0.6 is 31.9 Å². The van der Waals surface area contributed by atoms with Gasteiger partial charge in [0.25, 0.3) is 0 Å². The Hall–Kier alpha value is -1.22. The lowest BCUT2D eigenvalue weighted by molar-refractivity contribution is -0.0160. The Morgan fingerprint density at radius 1 is 1.00 bits per heavy atom. The van der Waals surface area contributed by atoms with Crippen LogP contribution in [0.25, 0.3) is 6.08 Å². The molecule has 27 heavy (non-hydrogen) atoms. The first kappa shape index (κ1) is 23.8. The number of rotatable bonds is 13. The molecule has 0 unspecified atom stereocenters. The lowest BCUT2D eigenvalue weighted by Crippen LogP contribution is -2.13. The third kappa shape index (κ3) is 9.51. The molecule has 0 saturated carbocycles. The van der Waals surface area contributed by atoms with Crippen molar-refractivity contribution in [3.63, 3.8) is 0 Å². The van der Waals surface area contributed by atoms with Crippen molar-refractivity contribution < 1.29 is 28.5 Å². The Morgan fingerprint density at radius 2 is 1.67 bits per heavy atom. The van der Waals surface area contributed by atoms with Crippen LogP contribution in [0.3, 0.4) is 0 Å². The summed E-state index contributed by atoms with van der Waals surface area (Å²) in [4.78, 5) is 24.5. The highest BCUT2D eigenvalue weighted by Gasteiger charge is 2.16. The molecule has 1 aromatic rings. The minimum absolute atomic E-state index is 0.179. The Morgan fingerprint density at radius 3 is 2.30 bits per heavy atom. The molecule has 0 aliphatic heterocycles. The maximum absolute atomic E-state index is 12.4. The predicted octanol–water partition coefficient (Wildman–Crippen LogP) is 5.25. The van der Waals surface area contributed by atoms with E-state index in [0.717, 1.165) is 25.7 Å². The summed E-state index contributed by atoms with van der Waals surface area (Å²) >= 11 is 6.15. The zero-order valence-corrected chi connectivity index (χ0v) is 18.4. The van der Waals surface area contributed by atoms with Crippen LogP contribution in [0.2, 0.25) is 0 Å². The fourth-order valence-electron chi connectivity index (χ4n) is 2.14. The molecule has 0 heterocycles. The summed E-state index contributed by atoms with van der Waals surface area (Å²) in [7, 11) is 0. The third-order valence-electron chi connectivity index (χ3n) is 3.48. The number of esters is 2. The summed E-state index contributed by atoms with van der Waals surface area (Å²) in [6.07, 6.45) is 8.19. The first-order valence-corrected chi connectivity index (χ1v) is 10.8. The highest BCUT2D eigenvalue weighted by molar-refractivity contribution is 9.09. The van der Waals surface area contributed by atoms with Gasteiger partial charge >= 0.3 is 11.9 Å². The molecule has 0 aromatic heterocycles. The highest BCUT2D eigenvalue weighted by Crippen LogP contribution is 2.17. The van der Waals surface area contributed by atoms with Gasteiger partial charge in [0.1, 0.15) is 11.0 Å². The van der Waals surface area contributed by atoms with E-state index in [1.807, 2.05) is 12.2 Å². The van der Waals surface area contributed by atoms with Gasteiger partial charge in [-0.2, -0.15) is 0 Å². The van der Waals surface area contributed by atoms with Crippen molar-refractivity contribution in [2.24, 2.45) is 0 Å². The van der Waals surface area contributed by atoms with Gasteiger partial charge in [-0.05, 0) is 30.5 Å². The van der Waals surface area contributed by atoms with Crippen molar-refractivity contribution in [2.75, 3.05) is 24.6 Å². The van der Waals surface area contributed by atoms with Gasteiger partial charge < -0.3 is 18.9 Å². The number of carbonyl (C=O) groups is 2. The number of hydrogen-bond donors (Lipinski definition) is 0. The maximum Gasteiger partial charge on any atom is 0.340 e. The topological polar surface area (TPSA) is 71.1 Å². The van der Waals surface area contributed by atoms with Gasteiger partial charge in [-0.3, -0.25) is 0 Å². The first-order chi connectivity index (χ1) is 13.1. The summed E-state index contributed by atoms with van der Waals surface area (Å²) in [5.74, 6) is -1.16. The van der Waals surface area contributed by atoms with Crippen molar-refractivity contribution in [2.45, 2.75) is 32.6 Å². The lowest BCUT2D eigenvalue weighted by atomic mass is 10.0. The predicted molar refractivity (Wildman–Crippen MR) is 110 cm³/mol. The summed E-state index contributed by atoms with van der Waals surface area (Å²) in [6, 6.07) is 4.76. The van der Waals surface area contributed by atoms with E-state index in [2.05, 4.69) is 38.8 Å². The van der Waals surface area contributed by atoms with Crippen LogP contribution in [0.4, 0.5) is 0 Å². The van der Waals surface area contributed by atoms with Crippen LogP contribution in [-0.4, -0.2) is 36.6 Å². The number of carbonyl (C=O) groups excluding carboxylic acids is 2. The van der Waals surface area contributed by atoms with Gasteiger partial charge in [0.05, 0.1) is 11.1 Å². The van der Waals surface area contributed by atoms with E-state index in [-0.39, 0.29) is 35.7 Å². The van der Waals surface area contributed by atoms with Gasteiger partial charge in [-0.1, -0.05) is 69.8 Å². The number of hydrogen-bond acceptors (Lipinski definition) is 6. The van der Waals surface area contributed by atoms with E-state index in [0.29, 0.717) is 5.56 Å². The van der Waals surface area contributed by atoms with Crippen LogP contribution in [0.15, 0.2) is 24.3 Å². The van der Waals surface area contributed by atoms with E-state index < -0.39 is 11.9 Å². The van der Waals surface area contributed by atoms with E-state index in [4.69, 9.17) is 18.9 Å². The van der Waals surface area contributed by atoms with Crippen molar-refractivity contribution in [1.29, 1.82) is 0 Å². The zero-order valence-electron chi connectivity index (χ0n) is 15.2. The van der Waals surface area contributed by atoms with Gasteiger partial charge in [0, 0.05) is 0 Å². The number of benzene rings is 1. The smallest absolute Gasteiger partial charge is 0.340 e. The van der Waals surface area contributed by atoms with Crippen molar-refractivity contribution in [3.8, 4) is 0 Å². The zero-order chi connectivity index (χ0) is 19.9. The Bertz CT molecular complexity index is 618. The minimum Gasteiger partial charge on any atom is -0.435 e. The normalized spacial score (nSPS) is 10.9. The molecule has 0 bridgehead atoms. The number of halogens is 2. The molecule has 1 aromatic carbocycles. The molecule has 0 aliphatic carbocycles. The van der Waals surface area contributed by atoms with Gasteiger partial charge in [0.2, 0.25) is 0 Å². The van der Waals surface area contributed by atoms with Gasteiger partial charge in [-0.15, -0.1) is 0 Å². The van der Waals surface area contributed by atoms with Crippen LogP contribution in [0, 0.1) is 0 Å². The number of unbranched alkanes of at least 4 members (excludes halogenated alkanes) is 3. The Labute approximate surface area is 176 Å². The van der Waals surface area contributed by atoms with E-state index in [1.54, 1.807) is 12.1 Å². The molecule has 0 N–H and O–H groups in total. The fraction of sp³-hybridized carbons (Fsp3) is 0.474. The van der Waals surface area contributed by atoms with E-state index in [9.17, 15) is 9.59 Å². The van der Waals surface area contributed by atoms with Crippen LogP contribution in [0.5, 0.6) is 0 Å². The molecule has 1 rings (SSSR count). The standard InChI is InChI=1S/C19H24Br2O6/c1-2-3-4-5-6-7-15-8-9-16(18(22)26-13-24-11-20)10-17(15)19(23)27-14-25-12-21/h6-10H,2-5,11-14H2,1H3/b7-6+. The summed E-state index contributed by atoms with van der Waals surface area (Å²) in [5.41, 5.74) is 1.70. The molecule has 0 fully saturated rings. The summed E-state index contributed by atoms with van der Waals surface area (Å²) in [6.45, 7) is 1.78. The second kappa shape index (κ2) is 14.8. The Kier molecular flexibility index (Phi) is 13.0. The third-order valence-corrected chi connectivity index (χ3v) is 4.13. The SMILES string of the molecule is CCCCC/C=C/c1ccc(C(=O)OCOCBr)cc1C(=O)OCOCBr. The molecule has 8 heteroatoms. The molecule has 0 saturated heterocycles. The first-order valence-electron chi connectivity index (χ1n) is 8.56. The number of ether oxygens (including phenoxy) is 4. The van der Waals surface area contributed by atoms with Crippen molar-refractivity contribution >= 4 is 49.9 Å². The quantitative estimate of drug-likeness (QED) is 0.157. The van der Waals surface area contributed by atoms with Crippen molar-refractivity contribution in [1.82, 2.24) is 0 Å². The van der Waals surface area contributed by atoms with Crippen LogP contribution in [-0.2, 0) is 18.9 Å².